The Morgan fingerprint density at radius 1 is 1.26 bits per heavy atom. The summed E-state index contributed by atoms with van der Waals surface area (Å²) in [6, 6.07) is 13.0. The minimum absolute atomic E-state index is 0.0289. The van der Waals surface area contributed by atoms with Crippen molar-refractivity contribution in [1.82, 2.24) is 0 Å². The Labute approximate surface area is 165 Å². The Morgan fingerprint density at radius 2 is 2.00 bits per heavy atom. The van der Waals surface area contributed by atoms with Crippen molar-refractivity contribution in [3.63, 3.8) is 0 Å². The molecule has 0 radical (unpaired) electrons. The first-order valence-electron chi connectivity index (χ1n) is 9.15. The van der Waals surface area contributed by atoms with E-state index in [-0.39, 0.29) is 11.4 Å². The summed E-state index contributed by atoms with van der Waals surface area (Å²) < 4.78 is 4.98. The van der Waals surface area contributed by atoms with Gasteiger partial charge in [0.2, 0.25) is 0 Å². The molecule has 0 spiro atoms. The zero-order valence-corrected chi connectivity index (χ0v) is 16.7. The molecule has 1 atom stereocenters. The van der Waals surface area contributed by atoms with Crippen molar-refractivity contribution in [2.75, 3.05) is 12.4 Å². The monoisotopic (exact) mass is 380 g/mol. The van der Waals surface area contributed by atoms with Crippen LogP contribution >= 0.6 is 11.8 Å². The summed E-state index contributed by atoms with van der Waals surface area (Å²) in [6.45, 7) is 6.58. The lowest BCUT2D eigenvalue weighted by Gasteiger charge is -2.34. The van der Waals surface area contributed by atoms with Crippen molar-refractivity contribution in [2.45, 2.75) is 43.6 Å². The van der Waals surface area contributed by atoms with E-state index < -0.39 is 6.10 Å². The summed E-state index contributed by atoms with van der Waals surface area (Å²) in [4.78, 5) is 12.9. The number of hydrogen-bond donors (Lipinski definition) is 1. The third kappa shape index (κ3) is 4.37. The smallest absolute Gasteiger partial charge is 0.338 e. The zero-order chi connectivity index (χ0) is 19.4. The van der Waals surface area contributed by atoms with Crippen LogP contribution in [0.25, 0.3) is 0 Å². The van der Waals surface area contributed by atoms with E-state index in [0.29, 0.717) is 12.2 Å². The highest BCUT2D eigenvalue weighted by molar-refractivity contribution is 7.99. The van der Waals surface area contributed by atoms with Crippen LogP contribution < -0.4 is 0 Å². The van der Waals surface area contributed by atoms with Crippen LogP contribution in [0, 0.1) is 11.8 Å². The molecule has 0 aromatic heterocycles. The van der Waals surface area contributed by atoms with Crippen molar-refractivity contribution in [2.24, 2.45) is 0 Å². The minimum atomic E-state index is -0.845. The fraction of sp³-hybridized carbons (Fsp3) is 0.348. The molecule has 2 aromatic rings. The minimum Gasteiger partial charge on any atom is -0.462 e. The van der Waals surface area contributed by atoms with Gasteiger partial charge in [-0.2, -0.15) is 0 Å². The van der Waals surface area contributed by atoms with Gasteiger partial charge in [-0.25, -0.2) is 4.79 Å². The van der Waals surface area contributed by atoms with Crippen LogP contribution in [0.1, 0.15) is 60.3 Å². The van der Waals surface area contributed by atoms with Gasteiger partial charge in [-0.1, -0.05) is 37.8 Å². The highest BCUT2D eigenvalue weighted by atomic mass is 32.2. The maximum atomic E-state index is 11.7. The number of aliphatic hydroxyl groups is 1. The van der Waals surface area contributed by atoms with Crippen LogP contribution in [0.3, 0.4) is 0 Å². The number of aliphatic hydroxyl groups excluding tert-OH is 1. The molecule has 140 valence electrons. The predicted octanol–water partition coefficient (Wildman–Crippen LogP) is 4.72. The molecule has 0 saturated heterocycles. The largest absolute Gasteiger partial charge is 0.462 e. The molecule has 0 amide bonds. The molecule has 4 heteroatoms. The van der Waals surface area contributed by atoms with Crippen LogP contribution in [0.2, 0.25) is 0 Å². The van der Waals surface area contributed by atoms with Gasteiger partial charge in [-0.3, -0.25) is 0 Å². The molecule has 1 N–H and O–H groups in total. The maximum Gasteiger partial charge on any atom is 0.338 e. The van der Waals surface area contributed by atoms with Crippen molar-refractivity contribution < 1.29 is 14.6 Å². The molecule has 0 aliphatic carbocycles. The standard InChI is InChI=1S/C23H24O3S/c1-4-26-22(25)17-11-8-16(9-12-17)10-13-19(24)18-6-5-7-20-21(18)23(2,3)14-15-27-20/h5-9,11-12,19,24H,4,14-15H2,1-3H3. The first-order chi connectivity index (χ1) is 12.9. The summed E-state index contributed by atoms with van der Waals surface area (Å²) in [6.07, 6.45) is 0.236. The van der Waals surface area contributed by atoms with Gasteiger partial charge in [0.1, 0.15) is 6.10 Å². The molecule has 2 aromatic carbocycles. The Balaban J connectivity index is 1.84. The molecular weight excluding hydrogens is 356 g/mol. The molecule has 1 heterocycles. The summed E-state index contributed by atoms with van der Waals surface area (Å²) in [5.74, 6) is 6.73. The van der Waals surface area contributed by atoms with E-state index in [1.807, 2.05) is 23.9 Å². The van der Waals surface area contributed by atoms with Crippen molar-refractivity contribution >= 4 is 17.7 Å². The SMILES string of the molecule is CCOC(=O)c1ccc(C#CC(O)c2cccc3c2C(C)(C)CCS3)cc1. The number of esters is 1. The number of carbonyl (C=O) groups is 1. The molecular formula is C23H24O3S. The lowest BCUT2D eigenvalue weighted by atomic mass is 9.78. The Morgan fingerprint density at radius 3 is 2.70 bits per heavy atom. The van der Waals surface area contributed by atoms with E-state index in [0.717, 1.165) is 23.3 Å². The number of hydrogen-bond acceptors (Lipinski definition) is 4. The normalized spacial score (nSPS) is 15.9. The first kappa shape index (κ1) is 19.5. The molecule has 1 unspecified atom stereocenters. The Kier molecular flexibility index (Phi) is 5.94. The molecule has 0 fully saturated rings. The van der Waals surface area contributed by atoms with Gasteiger partial charge >= 0.3 is 5.97 Å². The summed E-state index contributed by atoms with van der Waals surface area (Å²) in [5.41, 5.74) is 3.38. The second-order valence-electron chi connectivity index (χ2n) is 7.17. The van der Waals surface area contributed by atoms with E-state index in [4.69, 9.17) is 4.74 Å². The van der Waals surface area contributed by atoms with Crippen LogP contribution in [-0.2, 0) is 10.2 Å². The van der Waals surface area contributed by atoms with Gasteiger partial charge in [0.05, 0.1) is 12.2 Å². The number of ether oxygens (including phenoxy) is 1. The molecule has 3 nitrogen and oxygen atoms in total. The number of rotatable bonds is 3. The summed E-state index contributed by atoms with van der Waals surface area (Å²) in [5, 5.41) is 10.7. The molecule has 0 bridgehead atoms. The van der Waals surface area contributed by atoms with Crippen molar-refractivity contribution in [3.05, 3.63) is 64.7 Å². The quantitative estimate of drug-likeness (QED) is 0.618. The number of thioether (sulfide) groups is 1. The van der Waals surface area contributed by atoms with E-state index >= 15 is 0 Å². The third-order valence-corrected chi connectivity index (χ3v) is 5.82. The number of fused-ring (bicyclic) bond motifs is 1. The number of carbonyl (C=O) groups excluding carboxylic acids is 1. The van der Waals surface area contributed by atoms with Gasteiger partial charge < -0.3 is 9.84 Å². The fourth-order valence-electron chi connectivity index (χ4n) is 3.30. The Hall–Kier alpha value is -2.22. The van der Waals surface area contributed by atoms with Gasteiger partial charge in [0, 0.05) is 10.5 Å². The summed E-state index contributed by atoms with van der Waals surface area (Å²) in [7, 11) is 0. The lowest BCUT2D eigenvalue weighted by Crippen LogP contribution is -2.25. The van der Waals surface area contributed by atoms with E-state index in [1.54, 1.807) is 31.2 Å². The van der Waals surface area contributed by atoms with Gasteiger partial charge in [0.15, 0.2) is 0 Å². The molecule has 1 aliphatic rings. The zero-order valence-electron chi connectivity index (χ0n) is 15.9. The second-order valence-corrected chi connectivity index (χ2v) is 8.31. The molecule has 3 rings (SSSR count). The van der Waals surface area contributed by atoms with E-state index in [9.17, 15) is 9.90 Å². The average Bonchev–Trinajstić information content (AvgIpc) is 2.66. The lowest BCUT2D eigenvalue weighted by molar-refractivity contribution is 0.0526. The van der Waals surface area contributed by atoms with Crippen LogP contribution in [0.4, 0.5) is 0 Å². The van der Waals surface area contributed by atoms with Crippen LogP contribution in [-0.4, -0.2) is 23.4 Å². The van der Waals surface area contributed by atoms with Crippen molar-refractivity contribution in [1.29, 1.82) is 0 Å². The summed E-state index contributed by atoms with van der Waals surface area (Å²) >= 11 is 1.84. The van der Waals surface area contributed by atoms with Gasteiger partial charge in [-0.05, 0) is 66.0 Å². The molecule has 1 aliphatic heterocycles. The predicted molar refractivity (Wildman–Crippen MR) is 109 cm³/mol. The van der Waals surface area contributed by atoms with E-state index in [2.05, 4.69) is 31.8 Å². The van der Waals surface area contributed by atoms with Crippen molar-refractivity contribution in [3.8, 4) is 11.8 Å². The van der Waals surface area contributed by atoms with Crippen LogP contribution in [0.5, 0.6) is 0 Å². The van der Waals surface area contributed by atoms with Gasteiger partial charge in [-0.15, -0.1) is 11.8 Å². The van der Waals surface area contributed by atoms with Gasteiger partial charge in [0.25, 0.3) is 0 Å². The molecule has 0 saturated carbocycles. The molecule has 27 heavy (non-hydrogen) atoms. The second kappa shape index (κ2) is 8.21. The topological polar surface area (TPSA) is 46.5 Å². The maximum absolute atomic E-state index is 11.7. The van der Waals surface area contributed by atoms with E-state index in [1.165, 1.54) is 10.5 Å². The Bertz CT molecular complexity index is 888. The first-order valence-corrected chi connectivity index (χ1v) is 10.1. The number of benzene rings is 2. The fourth-order valence-corrected chi connectivity index (χ4v) is 4.84. The average molecular weight is 381 g/mol. The van der Waals surface area contributed by atoms with Crippen LogP contribution in [0.15, 0.2) is 47.4 Å². The third-order valence-electron chi connectivity index (χ3n) is 4.76. The highest BCUT2D eigenvalue weighted by Gasteiger charge is 2.31. The highest BCUT2D eigenvalue weighted by Crippen LogP contribution is 2.44.